The lowest BCUT2D eigenvalue weighted by atomic mass is 9.92. The minimum absolute atomic E-state index is 0.0338. The molecule has 1 aliphatic carbocycles. The minimum Gasteiger partial charge on any atom is -0.465 e. The van der Waals surface area contributed by atoms with Crippen molar-refractivity contribution < 1.29 is 14.0 Å². The molecule has 0 saturated carbocycles. The molecular weight excluding hydrogens is 330 g/mol. The largest absolute Gasteiger partial charge is 0.465 e. The Labute approximate surface area is 156 Å². The fourth-order valence-electron chi connectivity index (χ4n) is 4.06. The molecule has 0 spiro atoms. The fraction of sp³-hybridized carbons (Fsp3) is 0.700. The van der Waals surface area contributed by atoms with Crippen LogP contribution in [-0.2, 0) is 6.42 Å². The lowest BCUT2D eigenvalue weighted by Crippen LogP contribution is -2.50. The van der Waals surface area contributed by atoms with Gasteiger partial charge in [0.15, 0.2) is 5.78 Å². The van der Waals surface area contributed by atoms with Gasteiger partial charge in [-0.05, 0) is 47.3 Å². The third-order valence-electron chi connectivity index (χ3n) is 5.66. The normalized spacial score (nSPS) is 20.8. The SMILES string of the molecule is Cc1oc2c(c1C(=O)N1CCCC(N(C)CCN(C)C)C1)C(=O)CCC2. The van der Waals surface area contributed by atoms with Gasteiger partial charge in [-0.25, -0.2) is 0 Å². The molecule has 0 N–H and O–H groups in total. The number of carbonyl (C=O) groups is 2. The number of nitrogens with zero attached hydrogens (tertiary/aromatic N) is 3. The molecule has 1 aromatic heterocycles. The van der Waals surface area contributed by atoms with Crippen molar-refractivity contribution in [3.05, 3.63) is 22.6 Å². The zero-order chi connectivity index (χ0) is 18.8. The number of fused-ring (bicyclic) bond motifs is 1. The lowest BCUT2D eigenvalue weighted by molar-refractivity contribution is 0.0599. The van der Waals surface area contributed by atoms with Crippen molar-refractivity contribution in [3.8, 4) is 0 Å². The van der Waals surface area contributed by atoms with Crippen molar-refractivity contribution in [1.29, 1.82) is 0 Å². The lowest BCUT2D eigenvalue weighted by Gasteiger charge is -2.38. The van der Waals surface area contributed by atoms with Crippen LogP contribution >= 0.6 is 0 Å². The van der Waals surface area contributed by atoms with Gasteiger partial charge < -0.3 is 19.1 Å². The molecule has 1 unspecified atom stereocenters. The summed E-state index contributed by atoms with van der Waals surface area (Å²) in [5, 5.41) is 0. The zero-order valence-electron chi connectivity index (χ0n) is 16.5. The van der Waals surface area contributed by atoms with Crippen molar-refractivity contribution in [2.75, 3.05) is 47.3 Å². The van der Waals surface area contributed by atoms with Crippen molar-refractivity contribution >= 4 is 11.7 Å². The number of aryl methyl sites for hydroxylation is 2. The highest BCUT2D eigenvalue weighted by Gasteiger charge is 2.34. The van der Waals surface area contributed by atoms with Crippen LogP contribution in [0.25, 0.3) is 0 Å². The maximum atomic E-state index is 13.2. The second-order valence-electron chi connectivity index (χ2n) is 7.94. The van der Waals surface area contributed by atoms with Gasteiger partial charge >= 0.3 is 0 Å². The van der Waals surface area contributed by atoms with E-state index in [-0.39, 0.29) is 11.7 Å². The van der Waals surface area contributed by atoms with Crippen LogP contribution in [0.3, 0.4) is 0 Å². The number of Topliss-reactive ketones (excluding diaryl/α,β-unsaturated/α-hetero) is 1. The van der Waals surface area contributed by atoms with Crippen LogP contribution < -0.4 is 0 Å². The van der Waals surface area contributed by atoms with E-state index in [1.807, 2.05) is 11.8 Å². The van der Waals surface area contributed by atoms with Gasteiger partial charge in [-0.2, -0.15) is 0 Å². The van der Waals surface area contributed by atoms with E-state index in [1.165, 1.54) is 0 Å². The molecule has 1 fully saturated rings. The van der Waals surface area contributed by atoms with E-state index in [1.54, 1.807) is 0 Å². The van der Waals surface area contributed by atoms with E-state index in [0.717, 1.165) is 51.9 Å². The summed E-state index contributed by atoms with van der Waals surface area (Å²) in [4.78, 5) is 32.0. The number of furan rings is 1. The van der Waals surface area contributed by atoms with Crippen molar-refractivity contribution in [1.82, 2.24) is 14.7 Å². The van der Waals surface area contributed by atoms with Crippen LogP contribution in [0, 0.1) is 6.92 Å². The maximum absolute atomic E-state index is 13.2. The molecule has 0 radical (unpaired) electrons. The van der Waals surface area contributed by atoms with Crippen molar-refractivity contribution in [3.63, 3.8) is 0 Å². The Balaban J connectivity index is 1.74. The quantitative estimate of drug-likeness (QED) is 0.805. The van der Waals surface area contributed by atoms with Crippen LogP contribution in [-0.4, -0.2) is 79.8 Å². The highest BCUT2D eigenvalue weighted by molar-refractivity contribution is 6.10. The number of amides is 1. The van der Waals surface area contributed by atoms with Gasteiger partial charge in [0.25, 0.3) is 5.91 Å². The van der Waals surface area contributed by atoms with E-state index < -0.39 is 0 Å². The number of piperidine rings is 1. The van der Waals surface area contributed by atoms with Gasteiger partial charge in [-0.15, -0.1) is 0 Å². The number of hydrogen-bond donors (Lipinski definition) is 0. The third kappa shape index (κ3) is 3.86. The first-order chi connectivity index (χ1) is 12.4. The molecule has 1 aliphatic heterocycles. The molecule has 2 heterocycles. The number of ketones is 1. The summed E-state index contributed by atoms with van der Waals surface area (Å²) in [6.07, 6.45) is 4.19. The van der Waals surface area contributed by atoms with Crippen LogP contribution in [0.1, 0.15) is 57.9 Å². The summed E-state index contributed by atoms with van der Waals surface area (Å²) in [5.74, 6) is 1.33. The number of rotatable bonds is 5. The number of likely N-dealkylation sites (tertiary alicyclic amines) is 1. The summed E-state index contributed by atoms with van der Waals surface area (Å²) in [5.41, 5.74) is 1.07. The Morgan fingerprint density at radius 2 is 1.96 bits per heavy atom. The first-order valence-electron chi connectivity index (χ1n) is 9.68. The Morgan fingerprint density at radius 1 is 1.19 bits per heavy atom. The molecule has 0 aromatic carbocycles. The van der Waals surface area contributed by atoms with Gasteiger partial charge in [0.2, 0.25) is 0 Å². The van der Waals surface area contributed by atoms with Gasteiger partial charge in [-0.3, -0.25) is 9.59 Å². The van der Waals surface area contributed by atoms with E-state index in [4.69, 9.17) is 4.42 Å². The Bertz CT molecular complexity index is 680. The maximum Gasteiger partial charge on any atom is 0.258 e. The average molecular weight is 361 g/mol. The summed E-state index contributed by atoms with van der Waals surface area (Å²) >= 11 is 0. The van der Waals surface area contributed by atoms with Crippen molar-refractivity contribution in [2.45, 2.75) is 45.1 Å². The second-order valence-corrected chi connectivity index (χ2v) is 7.94. The molecule has 6 nitrogen and oxygen atoms in total. The molecule has 1 amide bonds. The molecule has 3 rings (SSSR count). The monoisotopic (exact) mass is 361 g/mol. The van der Waals surface area contributed by atoms with Gasteiger partial charge in [0.05, 0.1) is 11.1 Å². The first-order valence-corrected chi connectivity index (χ1v) is 9.68. The molecule has 2 aliphatic rings. The van der Waals surface area contributed by atoms with E-state index in [2.05, 4.69) is 30.9 Å². The molecule has 144 valence electrons. The Hall–Kier alpha value is -1.66. The Kier molecular flexibility index (Phi) is 5.82. The summed E-state index contributed by atoms with van der Waals surface area (Å²) in [6, 6.07) is 0.367. The number of hydrogen-bond acceptors (Lipinski definition) is 5. The minimum atomic E-state index is -0.0338. The predicted molar refractivity (Wildman–Crippen MR) is 101 cm³/mol. The molecule has 26 heavy (non-hydrogen) atoms. The topological polar surface area (TPSA) is 57.0 Å². The summed E-state index contributed by atoms with van der Waals surface area (Å²) in [6.45, 7) is 5.27. The highest BCUT2D eigenvalue weighted by atomic mass is 16.3. The van der Waals surface area contributed by atoms with Crippen LogP contribution in [0.4, 0.5) is 0 Å². The smallest absolute Gasteiger partial charge is 0.258 e. The first kappa shape index (κ1) is 19.1. The van der Waals surface area contributed by atoms with Gasteiger partial charge in [0, 0.05) is 45.1 Å². The van der Waals surface area contributed by atoms with Crippen molar-refractivity contribution in [2.24, 2.45) is 0 Å². The highest BCUT2D eigenvalue weighted by Crippen LogP contribution is 2.31. The molecule has 6 heteroatoms. The molecule has 1 atom stereocenters. The third-order valence-corrected chi connectivity index (χ3v) is 5.66. The van der Waals surface area contributed by atoms with Gasteiger partial charge in [0.1, 0.15) is 11.5 Å². The molecule has 0 bridgehead atoms. The molecular formula is C20H31N3O3. The van der Waals surface area contributed by atoms with Crippen LogP contribution in [0.5, 0.6) is 0 Å². The van der Waals surface area contributed by atoms with E-state index in [0.29, 0.717) is 35.1 Å². The van der Waals surface area contributed by atoms with E-state index >= 15 is 0 Å². The standard InChI is InChI=1S/C20H31N3O3/c1-14-18(19-16(24)8-5-9-17(19)26-14)20(25)23-10-6-7-15(13-23)22(4)12-11-21(2)3/h15H,5-13H2,1-4H3. The number of likely N-dealkylation sites (N-methyl/N-ethyl adjacent to an activating group) is 2. The molecule has 1 aromatic rings. The summed E-state index contributed by atoms with van der Waals surface area (Å²) in [7, 11) is 6.29. The van der Waals surface area contributed by atoms with Gasteiger partial charge in [-0.1, -0.05) is 0 Å². The number of carbonyl (C=O) groups excluding carboxylic acids is 2. The zero-order valence-corrected chi connectivity index (χ0v) is 16.5. The average Bonchev–Trinajstić information content (AvgIpc) is 2.96. The Morgan fingerprint density at radius 3 is 2.69 bits per heavy atom. The second kappa shape index (κ2) is 7.92. The fourth-order valence-corrected chi connectivity index (χ4v) is 4.06. The summed E-state index contributed by atoms with van der Waals surface area (Å²) < 4.78 is 5.77. The van der Waals surface area contributed by atoms with E-state index in [9.17, 15) is 9.59 Å². The molecule has 1 saturated heterocycles. The van der Waals surface area contributed by atoms with Crippen LogP contribution in [0.2, 0.25) is 0 Å². The predicted octanol–water partition coefficient (Wildman–Crippen LogP) is 2.21. The van der Waals surface area contributed by atoms with Crippen LogP contribution in [0.15, 0.2) is 4.42 Å².